The Morgan fingerprint density at radius 2 is 1.56 bits per heavy atom. The number of unbranched alkanes of at least 4 members (excludes halogenated alkanes) is 1. The van der Waals surface area contributed by atoms with Gasteiger partial charge < -0.3 is 14.2 Å². The Balaban J connectivity index is 3.03. The molecule has 0 aliphatic heterocycles. The lowest BCUT2D eigenvalue weighted by molar-refractivity contribution is -0.00619. The largest absolute Gasteiger partial charge is 0.379 e. The third-order valence-corrected chi connectivity index (χ3v) is 2.57. The first kappa shape index (κ1) is 16.2. The summed E-state index contributed by atoms with van der Waals surface area (Å²) in [4.78, 5) is 0. The van der Waals surface area contributed by atoms with Gasteiger partial charge in [0.25, 0.3) is 0 Å². The van der Waals surface area contributed by atoms with Crippen LogP contribution in [0.4, 0.5) is 0 Å². The molecule has 0 fully saturated rings. The monoisotopic (exact) mass is 252 g/mol. The third-order valence-electron chi connectivity index (χ3n) is 2.22. The summed E-state index contributed by atoms with van der Waals surface area (Å²) in [5.74, 6) is 0.552. The van der Waals surface area contributed by atoms with Gasteiger partial charge in [-0.25, -0.2) is 0 Å². The van der Waals surface area contributed by atoms with Crippen LogP contribution in [0.3, 0.4) is 0 Å². The van der Waals surface area contributed by atoms with Crippen molar-refractivity contribution in [3.63, 3.8) is 0 Å². The van der Waals surface area contributed by atoms with Gasteiger partial charge in [-0.3, -0.25) is 0 Å². The van der Waals surface area contributed by atoms with Crippen LogP contribution in [0.15, 0.2) is 0 Å². The van der Waals surface area contributed by atoms with Crippen molar-refractivity contribution in [3.8, 4) is 0 Å². The molecule has 0 saturated heterocycles. The first-order chi connectivity index (χ1) is 7.85. The molecule has 0 heterocycles. The average Bonchev–Trinajstić information content (AvgIpc) is 2.32. The molecular weight excluding hydrogens is 228 g/mol. The standard InChI is InChI=1S/C12H25ClO3/c1-3-5-6-14-7-8-15-9-10-16-12(4-2)11-13/h12H,3-11H2,1-2H3/t12-/m0/s1. The molecule has 0 aliphatic carbocycles. The molecular formula is C12H25ClO3. The summed E-state index contributed by atoms with van der Waals surface area (Å²) in [5.41, 5.74) is 0. The van der Waals surface area contributed by atoms with Crippen molar-refractivity contribution in [1.82, 2.24) is 0 Å². The highest BCUT2D eigenvalue weighted by atomic mass is 35.5. The molecule has 0 radical (unpaired) electrons. The zero-order valence-electron chi connectivity index (χ0n) is 10.5. The molecule has 0 N–H and O–H groups in total. The number of hydrogen-bond donors (Lipinski definition) is 0. The lowest BCUT2D eigenvalue weighted by atomic mass is 10.3. The Morgan fingerprint density at radius 1 is 0.938 bits per heavy atom. The van der Waals surface area contributed by atoms with Crippen LogP contribution in [0.1, 0.15) is 33.1 Å². The Kier molecular flexibility index (Phi) is 13.4. The van der Waals surface area contributed by atoms with E-state index < -0.39 is 0 Å². The SMILES string of the molecule is CCCCOCCOCCO[C@@H](CC)CCl. The Morgan fingerprint density at radius 3 is 2.12 bits per heavy atom. The van der Waals surface area contributed by atoms with Gasteiger partial charge in [-0.05, 0) is 12.8 Å². The molecule has 0 aliphatic rings. The maximum Gasteiger partial charge on any atom is 0.0708 e. The van der Waals surface area contributed by atoms with Gasteiger partial charge in [-0.15, -0.1) is 11.6 Å². The minimum absolute atomic E-state index is 0.158. The minimum atomic E-state index is 0.158. The van der Waals surface area contributed by atoms with E-state index in [9.17, 15) is 0 Å². The molecule has 0 amide bonds. The van der Waals surface area contributed by atoms with Gasteiger partial charge in [0.1, 0.15) is 0 Å². The smallest absolute Gasteiger partial charge is 0.0708 e. The molecule has 4 heteroatoms. The van der Waals surface area contributed by atoms with Crippen LogP contribution < -0.4 is 0 Å². The van der Waals surface area contributed by atoms with Crippen molar-refractivity contribution in [3.05, 3.63) is 0 Å². The second kappa shape index (κ2) is 13.2. The van der Waals surface area contributed by atoms with Gasteiger partial charge in [0.2, 0.25) is 0 Å². The van der Waals surface area contributed by atoms with E-state index in [4.69, 9.17) is 25.8 Å². The zero-order valence-corrected chi connectivity index (χ0v) is 11.3. The molecule has 0 unspecified atom stereocenters. The van der Waals surface area contributed by atoms with Crippen LogP contribution in [0.2, 0.25) is 0 Å². The molecule has 0 aromatic rings. The van der Waals surface area contributed by atoms with E-state index in [1.807, 2.05) is 0 Å². The molecule has 0 saturated carbocycles. The van der Waals surface area contributed by atoms with E-state index in [0.29, 0.717) is 32.3 Å². The number of hydrogen-bond acceptors (Lipinski definition) is 3. The fraction of sp³-hybridized carbons (Fsp3) is 1.00. The Labute approximate surface area is 104 Å². The second-order valence-electron chi connectivity index (χ2n) is 3.63. The third kappa shape index (κ3) is 10.7. The fourth-order valence-electron chi connectivity index (χ4n) is 1.11. The zero-order chi connectivity index (χ0) is 12.1. The van der Waals surface area contributed by atoms with E-state index >= 15 is 0 Å². The molecule has 16 heavy (non-hydrogen) atoms. The highest BCUT2D eigenvalue weighted by molar-refractivity contribution is 6.18. The molecule has 0 aromatic heterocycles. The predicted molar refractivity (Wildman–Crippen MR) is 67.3 cm³/mol. The van der Waals surface area contributed by atoms with E-state index in [1.165, 1.54) is 6.42 Å². The molecule has 3 nitrogen and oxygen atoms in total. The summed E-state index contributed by atoms with van der Waals surface area (Å²) in [6.45, 7) is 7.59. The highest BCUT2D eigenvalue weighted by Crippen LogP contribution is 1.99. The summed E-state index contributed by atoms with van der Waals surface area (Å²) in [5, 5.41) is 0. The molecule has 0 rings (SSSR count). The van der Waals surface area contributed by atoms with E-state index in [-0.39, 0.29) is 6.10 Å². The van der Waals surface area contributed by atoms with E-state index in [2.05, 4.69) is 13.8 Å². The average molecular weight is 253 g/mol. The van der Waals surface area contributed by atoms with Gasteiger partial charge in [-0.2, -0.15) is 0 Å². The van der Waals surface area contributed by atoms with Crippen molar-refractivity contribution in [2.45, 2.75) is 39.2 Å². The van der Waals surface area contributed by atoms with Crippen molar-refractivity contribution >= 4 is 11.6 Å². The normalized spacial score (nSPS) is 12.9. The number of alkyl halides is 1. The lowest BCUT2D eigenvalue weighted by Gasteiger charge is -2.12. The number of halogens is 1. The predicted octanol–water partition coefficient (Wildman–Crippen LogP) is 2.85. The summed E-state index contributed by atoms with van der Waals surface area (Å²) >= 11 is 5.69. The van der Waals surface area contributed by atoms with E-state index in [0.717, 1.165) is 19.4 Å². The minimum Gasteiger partial charge on any atom is -0.379 e. The number of ether oxygens (including phenoxy) is 3. The van der Waals surface area contributed by atoms with Crippen LogP contribution in [-0.4, -0.2) is 45.0 Å². The summed E-state index contributed by atoms with van der Waals surface area (Å²) in [6.07, 6.45) is 3.40. The van der Waals surface area contributed by atoms with Crippen LogP contribution >= 0.6 is 11.6 Å². The second-order valence-corrected chi connectivity index (χ2v) is 3.94. The summed E-state index contributed by atoms with van der Waals surface area (Å²) in [7, 11) is 0. The van der Waals surface area contributed by atoms with Gasteiger partial charge in [0.15, 0.2) is 0 Å². The fourth-order valence-corrected chi connectivity index (χ4v) is 1.42. The van der Waals surface area contributed by atoms with Gasteiger partial charge in [-0.1, -0.05) is 20.3 Å². The first-order valence-corrected chi connectivity index (χ1v) is 6.71. The maximum absolute atomic E-state index is 5.69. The van der Waals surface area contributed by atoms with Crippen LogP contribution in [0.25, 0.3) is 0 Å². The molecule has 0 spiro atoms. The molecule has 0 aromatic carbocycles. The van der Waals surface area contributed by atoms with Crippen molar-refractivity contribution in [1.29, 1.82) is 0 Å². The first-order valence-electron chi connectivity index (χ1n) is 6.18. The van der Waals surface area contributed by atoms with Gasteiger partial charge >= 0.3 is 0 Å². The van der Waals surface area contributed by atoms with Crippen molar-refractivity contribution in [2.75, 3.05) is 38.9 Å². The summed E-state index contributed by atoms with van der Waals surface area (Å²) in [6, 6.07) is 0. The Bertz CT molecular complexity index is 129. The van der Waals surface area contributed by atoms with E-state index in [1.54, 1.807) is 0 Å². The van der Waals surface area contributed by atoms with Gasteiger partial charge in [0, 0.05) is 12.5 Å². The molecule has 0 bridgehead atoms. The highest BCUT2D eigenvalue weighted by Gasteiger charge is 2.03. The van der Waals surface area contributed by atoms with Crippen molar-refractivity contribution in [2.24, 2.45) is 0 Å². The lowest BCUT2D eigenvalue weighted by Crippen LogP contribution is -2.17. The van der Waals surface area contributed by atoms with Crippen LogP contribution in [-0.2, 0) is 14.2 Å². The molecule has 98 valence electrons. The van der Waals surface area contributed by atoms with Gasteiger partial charge in [0.05, 0.1) is 32.5 Å². The summed E-state index contributed by atoms with van der Waals surface area (Å²) < 4.78 is 16.2. The Hall–Kier alpha value is 0.170. The molecule has 1 atom stereocenters. The van der Waals surface area contributed by atoms with Crippen LogP contribution in [0, 0.1) is 0 Å². The van der Waals surface area contributed by atoms with Crippen molar-refractivity contribution < 1.29 is 14.2 Å². The quantitative estimate of drug-likeness (QED) is 0.395. The maximum atomic E-state index is 5.69. The number of rotatable bonds is 12. The topological polar surface area (TPSA) is 27.7 Å². The van der Waals surface area contributed by atoms with Crippen LogP contribution in [0.5, 0.6) is 0 Å².